The van der Waals surface area contributed by atoms with Crippen molar-refractivity contribution >= 4 is 17.5 Å². The third-order valence-corrected chi connectivity index (χ3v) is 3.45. The number of carbonyl (C=O) groups is 2. The molecule has 2 aliphatic heterocycles. The first-order valence-corrected chi connectivity index (χ1v) is 6.53. The third-order valence-electron chi connectivity index (χ3n) is 3.45. The number of alkyl halides is 2. The summed E-state index contributed by atoms with van der Waals surface area (Å²) in [6.07, 6.45) is -2.03. The summed E-state index contributed by atoms with van der Waals surface area (Å²) < 4.78 is 34.4. The largest absolute Gasteiger partial charge is 0.586 e. The Bertz CT molecular complexity index is 662. The van der Waals surface area contributed by atoms with E-state index in [1.54, 1.807) is 0 Å². The van der Waals surface area contributed by atoms with E-state index in [0.29, 0.717) is 13.0 Å². The van der Waals surface area contributed by atoms with Crippen LogP contribution in [0, 0.1) is 0 Å². The van der Waals surface area contributed by atoms with Crippen LogP contribution >= 0.6 is 0 Å². The molecule has 1 N–H and O–H groups in total. The molecule has 1 aromatic carbocycles. The first-order valence-electron chi connectivity index (χ1n) is 6.53. The fraction of sp³-hybridized carbons (Fsp3) is 0.286. The highest BCUT2D eigenvalue weighted by molar-refractivity contribution is 6.00. The Morgan fingerprint density at radius 1 is 1.36 bits per heavy atom. The molecule has 0 radical (unpaired) electrons. The Hall–Kier alpha value is -2.64. The van der Waals surface area contributed by atoms with Gasteiger partial charge in [0.25, 0.3) is 0 Å². The van der Waals surface area contributed by atoms with Gasteiger partial charge in [-0.05, 0) is 24.6 Å². The van der Waals surface area contributed by atoms with Crippen LogP contribution in [0.3, 0.4) is 0 Å². The monoisotopic (exact) mass is 310 g/mol. The van der Waals surface area contributed by atoms with Crippen molar-refractivity contribution in [2.24, 2.45) is 0 Å². The van der Waals surface area contributed by atoms with Gasteiger partial charge in [-0.25, -0.2) is 0 Å². The number of nitrogens with zero attached hydrogens (tertiary/aromatic N) is 1. The summed E-state index contributed by atoms with van der Waals surface area (Å²) in [5.74, 6) is -0.977. The molecule has 1 atom stereocenters. The van der Waals surface area contributed by atoms with Gasteiger partial charge in [0.1, 0.15) is 6.04 Å². The first-order chi connectivity index (χ1) is 10.4. The van der Waals surface area contributed by atoms with Gasteiger partial charge < -0.3 is 19.7 Å². The van der Waals surface area contributed by atoms with E-state index >= 15 is 0 Å². The molecule has 22 heavy (non-hydrogen) atoms. The smallest absolute Gasteiger partial charge is 0.395 e. The molecule has 0 aliphatic carbocycles. The summed E-state index contributed by atoms with van der Waals surface area (Å²) in [6, 6.07) is 3.35. The first kappa shape index (κ1) is 14.3. The summed E-state index contributed by atoms with van der Waals surface area (Å²) in [6.45, 7) is 3.85. The number of hydrogen-bond acceptors (Lipinski definition) is 4. The van der Waals surface area contributed by atoms with E-state index in [1.807, 2.05) is 0 Å². The highest BCUT2D eigenvalue weighted by atomic mass is 19.3. The number of ether oxygens (including phenoxy) is 2. The van der Waals surface area contributed by atoms with E-state index in [-0.39, 0.29) is 23.1 Å². The number of nitrogens with one attached hydrogen (secondary N) is 1. The van der Waals surface area contributed by atoms with Crippen LogP contribution in [0.2, 0.25) is 0 Å². The minimum absolute atomic E-state index is 0.102. The second kappa shape index (κ2) is 4.97. The number of amides is 2. The fourth-order valence-corrected chi connectivity index (χ4v) is 2.29. The van der Waals surface area contributed by atoms with E-state index < -0.39 is 18.2 Å². The maximum absolute atomic E-state index is 12.9. The third kappa shape index (κ3) is 2.47. The molecule has 1 fully saturated rings. The van der Waals surface area contributed by atoms with Crippen LogP contribution in [0.4, 0.5) is 14.5 Å². The average molecular weight is 310 g/mol. The number of anilines is 1. The Morgan fingerprint density at radius 3 is 2.73 bits per heavy atom. The molecule has 2 heterocycles. The number of benzene rings is 1. The molecule has 3 rings (SSSR count). The number of hydrogen-bond donors (Lipinski definition) is 1. The molecule has 1 aromatic rings. The molecule has 0 saturated carbocycles. The van der Waals surface area contributed by atoms with Crippen LogP contribution in [0.25, 0.3) is 0 Å². The molecule has 116 valence electrons. The lowest BCUT2D eigenvalue weighted by atomic mass is 10.0. The molecule has 1 saturated heterocycles. The summed E-state index contributed by atoms with van der Waals surface area (Å²) in [4.78, 5) is 25.0. The molecular formula is C14H12F2N2O4. The number of carbonyl (C=O) groups excluding carboxylic acids is 2. The lowest BCUT2D eigenvalue weighted by Crippen LogP contribution is -2.56. The molecule has 0 bridgehead atoms. The molecule has 6 nitrogen and oxygen atoms in total. The van der Waals surface area contributed by atoms with Gasteiger partial charge in [0.2, 0.25) is 11.8 Å². The fourth-order valence-electron chi connectivity index (χ4n) is 2.29. The van der Waals surface area contributed by atoms with Gasteiger partial charge in [0, 0.05) is 18.3 Å². The summed E-state index contributed by atoms with van der Waals surface area (Å²) in [7, 11) is 0. The summed E-state index contributed by atoms with van der Waals surface area (Å²) in [5, 5.41) is 2.56. The van der Waals surface area contributed by atoms with Crippen LogP contribution in [-0.4, -0.2) is 35.6 Å². The highest BCUT2D eigenvalue weighted by Crippen LogP contribution is 2.42. The zero-order chi connectivity index (χ0) is 15.9. The van der Waals surface area contributed by atoms with Crippen LogP contribution in [-0.2, 0) is 9.59 Å². The number of rotatable bonds is 3. The molecular weight excluding hydrogens is 298 g/mol. The van der Waals surface area contributed by atoms with Crippen LogP contribution in [0.15, 0.2) is 30.9 Å². The van der Waals surface area contributed by atoms with E-state index in [4.69, 9.17) is 0 Å². The second-order valence-corrected chi connectivity index (χ2v) is 4.86. The van der Waals surface area contributed by atoms with E-state index in [9.17, 15) is 18.4 Å². The lowest BCUT2D eigenvalue weighted by Gasteiger charge is -2.38. The van der Waals surface area contributed by atoms with Crippen molar-refractivity contribution in [2.75, 3.05) is 11.9 Å². The average Bonchev–Trinajstić information content (AvgIpc) is 2.70. The maximum Gasteiger partial charge on any atom is 0.586 e. The zero-order valence-electron chi connectivity index (χ0n) is 11.3. The standard InChI is InChI=1S/C14H12F2N2O4/c1-2-12(19)18-6-5-9(18)13(20)17-8-3-4-10-11(7-8)22-14(15,16)21-10/h2-4,7,9H,1,5-6H2,(H,17,20). The van der Waals surface area contributed by atoms with Gasteiger partial charge >= 0.3 is 6.29 Å². The van der Waals surface area contributed by atoms with Crippen molar-refractivity contribution in [1.82, 2.24) is 4.90 Å². The predicted molar refractivity (Wildman–Crippen MR) is 71.6 cm³/mol. The van der Waals surface area contributed by atoms with Crippen LogP contribution in [0.5, 0.6) is 11.5 Å². The Balaban J connectivity index is 1.69. The Kier molecular flexibility index (Phi) is 3.23. The molecule has 1 unspecified atom stereocenters. The van der Waals surface area contributed by atoms with Gasteiger partial charge in [-0.2, -0.15) is 0 Å². The van der Waals surface area contributed by atoms with Crippen molar-refractivity contribution in [1.29, 1.82) is 0 Å². The SMILES string of the molecule is C=CC(=O)N1CCC1C(=O)Nc1ccc2c(c1)OC(F)(F)O2. The van der Waals surface area contributed by atoms with E-state index in [0.717, 1.165) is 6.08 Å². The Labute approximate surface area is 124 Å². The second-order valence-electron chi connectivity index (χ2n) is 4.86. The molecule has 8 heteroatoms. The molecule has 0 spiro atoms. The van der Waals surface area contributed by atoms with Crippen molar-refractivity contribution in [2.45, 2.75) is 18.8 Å². The number of fused-ring (bicyclic) bond motifs is 1. The highest BCUT2D eigenvalue weighted by Gasteiger charge is 2.43. The van der Waals surface area contributed by atoms with Crippen molar-refractivity contribution in [3.8, 4) is 11.5 Å². The van der Waals surface area contributed by atoms with Gasteiger partial charge in [0.05, 0.1) is 0 Å². The van der Waals surface area contributed by atoms with Crippen molar-refractivity contribution < 1.29 is 27.8 Å². The predicted octanol–water partition coefficient (Wildman–Crippen LogP) is 1.73. The van der Waals surface area contributed by atoms with Gasteiger partial charge in [-0.1, -0.05) is 6.58 Å². The minimum Gasteiger partial charge on any atom is -0.395 e. The van der Waals surface area contributed by atoms with Gasteiger partial charge in [-0.3, -0.25) is 9.59 Å². The van der Waals surface area contributed by atoms with Crippen molar-refractivity contribution in [3.05, 3.63) is 30.9 Å². The van der Waals surface area contributed by atoms with E-state index in [2.05, 4.69) is 21.4 Å². The van der Waals surface area contributed by atoms with Gasteiger partial charge in [0.15, 0.2) is 11.5 Å². The summed E-state index contributed by atoms with van der Waals surface area (Å²) in [5.41, 5.74) is 0.281. The van der Waals surface area contributed by atoms with Gasteiger partial charge in [-0.15, -0.1) is 8.78 Å². The summed E-state index contributed by atoms with van der Waals surface area (Å²) >= 11 is 0. The number of likely N-dealkylation sites (tertiary alicyclic amines) is 1. The lowest BCUT2D eigenvalue weighted by molar-refractivity contribution is -0.286. The van der Waals surface area contributed by atoms with Crippen LogP contribution < -0.4 is 14.8 Å². The minimum atomic E-state index is -3.70. The topological polar surface area (TPSA) is 67.9 Å². The van der Waals surface area contributed by atoms with Crippen LogP contribution in [0.1, 0.15) is 6.42 Å². The molecule has 2 amide bonds. The number of halogens is 2. The zero-order valence-corrected chi connectivity index (χ0v) is 11.3. The normalized spacial score (nSPS) is 21.0. The maximum atomic E-state index is 12.9. The quantitative estimate of drug-likeness (QED) is 0.864. The van der Waals surface area contributed by atoms with E-state index in [1.165, 1.54) is 23.1 Å². The Morgan fingerprint density at radius 2 is 2.09 bits per heavy atom. The molecule has 0 aromatic heterocycles. The van der Waals surface area contributed by atoms with Crippen molar-refractivity contribution in [3.63, 3.8) is 0 Å². The molecule has 2 aliphatic rings.